The highest BCUT2D eigenvalue weighted by Crippen LogP contribution is 2.60. The van der Waals surface area contributed by atoms with Gasteiger partial charge in [-0.05, 0) is 124 Å². The molecule has 7 rings (SSSR count). The molecule has 1 aromatic carbocycles. The van der Waals surface area contributed by atoms with E-state index in [0.717, 1.165) is 43.7 Å². The summed E-state index contributed by atoms with van der Waals surface area (Å²) in [6.45, 7) is 8.12. The molecule has 2 amide bonds. The summed E-state index contributed by atoms with van der Waals surface area (Å²) in [5, 5.41) is 3.12. The fraction of sp³-hybridized carbons (Fsp3) is 0.750. The van der Waals surface area contributed by atoms with Gasteiger partial charge in [0.05, 0.1) is 0 Å². The third-order valence-corrected chi connectivity index (χ3v) is 10.7. The molecule has 0 spiro atoms. The maximum absolute atomic E-state index is 13.5. The molecule has 37 heavy (non-hydrogen) atoms. The van der Waals surface area contributed by atoms with Crippen molar-refractivity contribution < 1.29 is 9.59 Å². The second kappa shape index (κ2) is 10.4. The monoisotopic (exact) mass is 505 g/mol. The van der Waals surface area contributed by atoms with Crippen LogP contribution in [0.15, 0.2) is 24.3 Å². The molecule has 1 N–H and O–H groups in total. The van der Waals surface area contributed by atoms with Crippen molar-refractivity contribution in [3.8, 4) is 0 Å². The first kappa shape index (κ1) is 25.4. The lowest BCUT2D eigenvalue weighted by atomic mass is 9.48. The summed E-state index contributed by atoms with van der Waals surface area (Å²) in [5.74, 6) is 2.77. The maximum atomic E-state index is 13.5. The lowest BCUT2D eigenvalue weighted by Gasteiger charge is -2.57. The zero-order chi connectivity index (χ0) is 25.6. The molecule has 202 valence electrons. The van der Waals surface area contributed by atoms with Gasteiger partial charge in [0.15, 0.2) is 0 Å². The summed E-state index contributed by atoms with van der Waals surface area (Å²) in [4.78, 5) is 31.4. The predicted molar refractivity (Wildman–Crippen MR) is 147 cm³/mol. The van der Waals surface area contributed by atoms with Crippen LogP contribution in [0.4, 0.5) is 0 Å². The Hall–Kier alpha value is -1.88. The molecule has 5 nitrogen and oxygen atoms in total. The molecular weight excluding hydrogens is 458 g/mol. The summed E-state index contributed by atoms with van der Waals surface area (Å²) in [5.41, 5.74) is 2.47. The van der Waals surface area contributed by atoms with Gasteiger partial charge in [-0.15, -0.1) is 0 Å². The molecule has 1 aromatic rings. The van der Waals surface area contributed by atoms with Gasteiger partial charge in [0.25, 0.3) is 5.91 Å². The number of benzene rings is 1. The van der Waals surface area contributed by atoms with Crippen LogP contribution < -0.4 is 5.32 Å². The topological polar surface area (TPSA) is 52.7 Å². The molecule has 4 aliphatic carbocycles. The highest BCUT2D eigenvalue weighted by Gasteiger charge is 2.51. The van der Waals surface area contributed by atoms with E-state index in [1.54, 1.807) is 0 Å². The molecular formula is C32H47N3O2. The minimum Gasteiger partial charge on any atom is -0.341 e. The Morgan fingerprint density at radius 3 is 1.95 bits per heavy atom. The van der Waals surface area contributed by atoms with Crippen LogP contribution in [-0.4, -0.2) is 59.9 Å². The third kappa shape index (κ3) is 5.10. The van der Waals surface area contributed by atoms with Crippen LogP contribution in [0.2, 0.25) is 0 Å². The third-order valence-electron chi connectivity index (χ3n) is 10.7. The largest absolute Gasteiger partial charge is 0.341 e. The SMILES string of the molecule is CC(C)[C@H](NC(=O)c1ccc(C23CC4CC(CC(C4)C2)C3)cc1)C(=O)N1CCC(N2CCCCC2)CC1. The molecule has 0 aromatic heterocycles. The van der Waals surface area contributed by atoms with Gasteiger partial charge in [-0.2, -0.15) is 0 Å². The molecule has 6 aliphatic rings. The summed E-state index contributed by atoms with van der Waals surface area (Å²) in [6, 6.07) is 8.61. The molecule has 2 saturated heterocycles. The number of piperidine rings is 2. The van der Waals surface area contributed by atoms with E-state index < -0.39 is 6.04 Å². The number of amides is 2. The number of likely N-dealkylation sites (tertiary alicyclic amines) is 2. The Labute approximate surface area is 223 Å². The lowest BCUT2D eigenvalue weighted by molar-refractivity contribution is -0.136. The van der Waals surface area contributed by atoms with Gasteiger partial charge in [-0.25, -0.2) is 0 Å². The van der Waals surface area contributed by atoms with Crippen LogP contribution in [-0.2, 0) is 10.2 Å². The predicted octanol–water partition coefficient (Wildman–Crippen LogP) is 5.39. The first-order valence-corrected chi connectivity index (χ1v) is 15.3. The fourth-order valence-electron chi connectivity index (χ4n) is 9.11. The van der Waals surface area contributed by atoms with Crippen LogP contribution in [0.25, 0.3) is 0 Å². The van der Waals surface area contributed by atoms with E-state index in [4.69, 9.17) is 0 Å². The molecule has 0 radical (unpaired) electrons. The van der Waals surface area contributed by atoms with Crippen molar-refractivity contribution in [2.75, 3.05) is 26.2 Å². The van der Waals surface area contributed by atoms with Crippen LogP contribution in [0.3, 0.4) is 0 Å². The fourth-order valence-corrected chi connectivity index (χ4v) is 9.11. The normalized spacial score (nSPS) is 33.1. The van der Waals surface area contributed by atoms with E-state index >= 15 is 0 Å². The Balaban J connectivity index is 1.07. The molecule has 2 aliphatic heterocycles. The number of rotatable bonds is 6. The van der Waals surface area contributed by atoms with Gasteiger partial charge in [0.2, 0.25) is 5.91 Å². The summed E-state index contributed by atoms with van der Waals surface area (Å²) < 4.78 is 0. The van der Waals surface area contributed by atoms with Gasteiger partial charge in [-0.3, -0.25) is 9.59 Å². The Morgan fingerprint density at radius 2 is 1.41 bits per heavy atom. The number of nitrogens with zero attached hydrogens (tertiary/aromatic N) is 2. The van der Waals surface area contributed by atoms with Crippen molar-refractivity contribution in [2.24, 2.45) is 23.7 Å². The van der Waals surface area contributed by atoms with Crippen molar-refractivity contribution >= 4 is 11.8 Å². The van der Waals surface area contributed by atoms with Crippen molar-refractivity contribution in [1.82, 2.24) is 15.1 Å². The highest BCUT2D eigenvalue weighted by atomic mass is 16.2. The number of hydrogen-bond acceptors (Lipinski definition) is 3. The summed E-state index contributed by atoms with van der Waals surface area (Å²) in [6.07, 6.45) is 14.4. The highest BCUT2D eigenvalue weighted by molar-refractivity contribution is 5.97. The van der Waals surface area contributed by atoms with Gasteiger partial charge in [-0.1, -0.05) is 32.4 Å². The second-order valence-electron chi connectivity index (χ2n) is 13.6. The summed E-state index contributed by atoms with van der Waals surface area (Å²) >= 11 is 0. The number of carbonyl (C=O) groups is 2. The molecule has 0 unspecified atom stereocenters. The van der Waals surface area contributed by atoms with Crippen molar-refractivity contribution in [2.45, 2.75) is 102 Å². The van der Waals surface area contributed by atoms with Gasteiger partial charge in [0.1, 0.15) is 6.04 Å². The second-order valence-corrected chi connectivity index (χ2v) is 13.6. The van der Waals surface area contributed by atoms with Crippen LogP contribution in [0, 0.1) is 23.7 Å². The minimum absolute atomic E-state index is 0.0579. The van der Waals surface area contributed by atoms with Crippen molar-refractivity contribution in [1.29, 1.82) is 0 Å². The standard InChI is InChI=1S/C32H47N3O2/c1-22(2)29(31(37)35-14-10-28(11-15-35)34-12-4-3-5-13-34)33-30(36)26-6-8-27(9-7-26)32-19-23-16-24(20-32)18-25(17-23)21-32/h6-9,22-25,28-29H,3-5,10-21H2,1-2H3,(H,33,36)/t23?,24?,25?,29-,32?/m0/s1. The zero-order valence-electron chi connectivity index (χ0n) is 23.1. The minimum atomic E-state index is -0.470. The summed E-state index contributed by atoms with van der Waals surface area (Å²) in [7, 11) is 0. The Kier molecular flexibility index (Phi) is 7.11. The van der Waals surface area contributed by atoms with Gasteiger partial charge >= 0.3 is 0 Å². The number of nitrogens with one attached hydrogen (secondary N) is 1. The van der Waals surface area contributed by atoms with Crippen molar-refractivity contribution in [3.05, 3.63) is 35.4 Å². The maximum Gasteiger partial charge on any atom is 0.251 e. The van der Waals surface area contributed by atoms with Crippen LogP contribution >= 0.6 is 0 Å². The van der Waals surface area contributed by atoms with Gasteiger partial charge < -0.3 is 15.1 Å². The Bertz CT molecular complexity index is 937. The van der Waals surface area contributed by atoms with Crippen molar-refractivity contribution in [3.63, 3.8) is 0 Å². The van der Waals surface area contributed by atoms with Gasteiger partial charge in [0, 0.05) is 24.7 Å². The van der Waals surface area contributed by atoms with E-state index in [-0.39, 0.29) is 17.7 Å². The smallest absolute Gasteiger partial charge is 0.251 e. The Morgan fingerprint density at radius 1 is 0.838 bits per heavy atom. The van der Waals surface area contributed by atoms with E-state index in [2.05, 4.69) is 22.3 Å². The molecule has 6 fully saturated rings. The number of carbonyl (C=O) groups excluding carboxylic acids is 2. The molecule has 5 heteroatoms. The zero-order valence-corrected chi connectivity index (χ0v) is 23.1. The van der Waals surface area contributed by atoms with E-state index in [9.17, 15) is 9.59 Å². The first-order chi connectivity index (χ1) is 17.9. The molecule has 2 heterocycles. The van der Waals surface area contributed by atoms with E-state index in [1.165, 1.54) is 76.4 Å². The van der Waals surface area contributed by atoms with E-state index in [0.29, 0.717) is 17.0 Å². The van der Waals surface area contributed by atoms with Crippen LogP contribution in [0.1, 0.15) is 100 Å². The molecule has 4 saturated carbocycles. The number of hydrogen-bond donors (Lipinski definition) is 1. The quantitative estimate of drug-likeness (QED) is 0.564. The molecule has 1 atom stereocenters. The van der Waals surface area contributed by atoms with Crippen LogP contribution in [0.5, 0.6) is 0 Å². The average Bonchev–Trinajstić information content (AvgIpc) is 2.91. The molecule has 4 bridgehead atoms. The first-order valence-electron chi connectivity index (χ1n) is 15.3. The lowest BCUT2D eigenvalue weighted by Crippen LogP contribution is -2.55. The van der Waals surface area contributed by atoms with E-state index in [1.807, 2.05) is 30.9 Å². The average molecular weight is 506 g/mol.